The molecule has 1 aromatic rings. The normalized spacial score (nSPS) is 11.6. The second-order valence-corrected chi connectivity index (χ2v) is 3.40. The van der Waals surface area contributed by atoms with E-state index in [-0.39, 0.29) is 5.69 Å². The summed E-state index contributed by atoms with van der Waals surface area (Å²) in [5.74, 6) is -0.439. The third kappa shape index (κ3) is 3.17. The van der Waals surface area contributed by atoms with Gasteiger partial charge in [0, 0.05) is 6.07 Å². The van der Waals surface area contributed by atoms with Gasteiger partial charge in [0.2, 0.25) is 0 Å². The molecular weight excluding hydrogens is 224 g/mol. The minimum Gasteiger partial charge on any atom is -0.467 e. The molecule has 0 heterocycles. The van der Waals surface area contributed by atoms with E-state index in [9.17, 15) is 14.9 Å². The lowest BCUT2D eigenvalue weighted by Crippen LogP contribution is -2.30. The Morgan fingerprint density at radius 3 is 2.71 bits per heavy atom. The number of carbonyl (C=O) groups excluding carboxylic acids is 1. The molecule has 0 aliphatic heterocycles. The zero-order valence-electron chi connectivity index (χ0n) is 9.67. The van der Waals surface area contributed by atoms with E-state index < -0.39 is 16.9 Å². The van der Waals surface area contributed by atoms with Crippen LogP contribution in [-0.4, -0.2) is 24.0 Å². The van der Waals surface area contributed by atoms with Gasteiger partial charge in [0.1, 0.15) is 11.7 Å². The van der Waals surface area contributed by atoms with Crippen molar-refractivity contribution < 1.29 is 14.5 Å². The summed E-state index contributed by atoms with van der Waals surface area (Å²) >= 11 is 0. The maximum atomic E-state index is 11.4. The average Bonchev–Trinajstić information content (AvgIpc) is 2.35. The molecule has 17 heavy (non-hydrogen) atoms. The molecule has 1 N–H and O–H groups in total. The Labute approximate surface area is 98.7 Å². The van der Waals surface area contributed by atoms with Crippen molar-refractivity contribution in [2.45, 2.75) is 19.4 Å². The van der Waals surface area contributed by atoms with Gasteiger partial charge in [-0.25, -0.2) is 4.79 Å². The van der Waals surface area contributed by atoms with Crippen molar-refractivity contribution in [1.82, 2.24) is 0 Å². The molecule has 1 aromatic carbocycles. The maximum Gasteiger partial charge on any atom is 0.328 e. The highest BCUT2D eigenvalue weighted by atomic mass is 16.6. The monoisotopic (exact) mass is 238 g/mol. The molecule has 0 fully saturated rings. The average molecular weight is 238 g/mol. The SMILES string of the molecule is CCC(Nc1ccccc1[N+](=O)[O-])C(=O)OC. The molecule has 6 nitrogen and oxygen atoms in total. The van der Waals surface area contributed by atoms with Crippen molar-refractivity contribution in [2.75, 3.05) is 12.4 Å². The summed E-state index contributed by atoms with van der Waals surface area (Å²) in [6.07, 6.45) is 0.485. The summed E-state index contributed by atoms with van der Waals surface area (Å²) in [6.45, 7) is 1.80. The lowest BCUT2D eigenvalue weighted by molar-refractivity contribution is -0.384. The largest absolute Gasteiger partial charge is 0.467 e. The fourth-order valence-corrected chi connectivity index (χ4v) is 1.41. The van der Waals surface area contributed by atoms with Crippen LogP contribution in [0.25, 0.3) is 0 Å². The topological polar surface area (TPSA) is 81.5 Å². The van der Waals surface area contributed by atoms with Crippen LogP contribution >= 0.6 is 0 Å². The summed E-state index contributed by atoms with van der Waals surface area (Å²) in [5, 5.41) is 13.6. The van der Waals surface area contributed by atoms with Crippen LogP contribution in [0.4, 0.5) is 11.4 Å². The number of methoxy groups -OCH3 is 1. The Balaban J connectivity index is 2.93. The lowest BCUT2D eigenvalue weighted by Gasteiger charge is -2.15. The van der Waals surface area contributed by atoms with Crippen LogP contribution in [0.1, 0.15) is 13.3 Å². The number of nitrogens with one attached hydrogen (secondary N) is 1. The smallest absolute Gasteiger partial charge is 0.328 e. The number of nitro benzene ring substituents is 1. The van der Waals surface area contributed by atoms with Crippen molar-refractivity contribution in [2.24, 2.45) is 0 Å². The molecule has 0 amide bonds. The quantitative estimate of drug-likeness (QED) is 0.481. The molecule has 0 spiro atoms. The molecule has 92 valence electrons. The molecular formula is C11H14N2O4. The van der Waals surface area contributed by atoms with Gasteiger partial charge in [0.05, 0.1) is 12.0 Å². The number of hydrogen-bond donors (Lipinski definition) is 1. The lowest BCUT2D eigenvalue weighted by atomic mass is 10.2. The fourth-order valence-electron chi connectivity index (χ4n) is 1.41. The fraction of sp³-hybridized carbons (Fsp3) is 0.364. The van der Waals surface area contributed by atoms with Crippen LogP contribution in [-0.2, 0) is 9.53 Å². The van der Waals surface area contributed by atoms with Crippen LogP contribution in [0.2, 0.25) is 0 Å². The van der Waals surface area contributed by atoms with E-state index in [0.29, 0.717) is 12.1 Å². The molecule has 6 heteroatoms. The number of nitro groups is 1. The van der Waals surface area contributed by atoms with E-state index in [1.165, 1.54) is 13.2 Å². The summed E-state index contributed by atoms with van der Waals surface area (Å²) in [5.41, 5.74) is 0.254. The van der Waals surface area contributed by atoms with Crippen molar-refractivity contribution in [3.05, 3.63) is 34.4 Å². The Morgan fingerprint density at radius 1 is 1.53 bits per heavy atom. The highest BCUT2D eigenvalue weighted by Crippen LogP contribution is 2.24. The third-order valence-electron chi connectivity index (χ3n) is 2.32. The third-order valence-corrected chi connectivity index (χ3v) is 2.32. The number of esters is 1. The number of para-hydroxylation sites is 2. The van der Waals surface area contributed by atoms with Gasteiger partial charge in [-0.05, 0) is 12.5 Å². The zero-order chi connectivity index (χ0) is 12.8. The van der Waals surface area contributed by atoms with E-state index in [1.807, 2.05) is 0 Å². The van der Waals surface area contributed by atoms with Gasteiger partial charge < -0.3 is 10.1 Å². The predicted octanol–water partition coefficient (Wildman–Crippen LogP) is 1.96. The standard InChI is InChI=1S/C11H14N2O4/c1-3-8(11(14)17-2)12-9-6-4-5-7-10(9)13(15)16/h4-8,12H,3H2,1-2H3. The zero-order valence-corrected chi connectivity index (χ0v) is 9.67. The van der Waals surface area contributed by atoms with Gasteiger partial charge in [-0.3, -0.25) is 10.1 Å². The van der Waals surface area contributed by atoms with Gasteiger partial charge in [-0.2, -0.15) is 0 Å². The molecule has 0 bridgehead atoms. The Kier molecular flexibility index (Phi) is 4.45. The van der Waals surface area contributed by atoms with Gasteiger partial charge in [-0.15, -0.1) is 0 Å². The van der Waals surface area contributed by atoms with Crippen molar-refractivity contribution in [3.63, 3.8) is 0 Å². The minimum absolute atomic E-state index is 0.0603. The van der Waals surface area contributed by atoms with Crippen LogP contribution in [0.15, 0.2) is 24.3 Å². The molecule has 0 saturated heterocycles. The van der Waals surface area contributed by atoms with E-state index in [4.69, 9.17) is 0 Å². The van der Waals surface area contributed by atoms with E-state index in [1.54, 1.807) is 25.1 Å². The Morgan fingerprint density at radius 2 is 2.18 bits per heavy atom. The van der Waals surface area contributed by atoms with Gasteiger partial charge in [0.25, 0.3) is 5.69 Å². The number of anilines is 1. The second kappa shape index (κ2) is 5.83. The maximum absolute atomic E-state index is 11.4. The predicted molar refractivity (Wildman–Crippen MR) is 62.8 cm³/mol. The van der Waals surface area contributed by atoms with E-state index in [0.717, 1.165) is 0 Å². The van der Waals surface area contributed by atoms with Crippen LogP contribution in [0, 0.1) is 10.1 Å². The highest BCUT2D eigenvalue weighted by molar-refractivity contribution is 5.80. The Bertz CT molecular complexity index is 420. The summed E-state index contributed by atoms with van der Waals surface area (Å²) in [6, 6.07) is 5.60. The van der Waals surface area contributed by atoms with E-state index >= 15 is 0 Å². The molecule has 0 aliphatic rings. The summed E-state index contributed by atoms with van der Waals surface area (Å²) < 4.78 is 4.60. The number of benzene rings is 1. The van der Waals surface area contributed by atoms with Crippen molar-refractivity contribution in [3.8, 4) is 0 Å². The van der Waals surface area contributed by atoms with E-state index in [2.05, 4.69) is 10.1 Å². The second-order valence-electron chi connectivity index (χ2n) is 3.40. The van der Waals surface area contributed by atoms with Gasteiger partial charge in [-0.1, -0.05) is 19.1 Å². The number of carbonyl (C=O) groups is 1. The first-order chi connectivity index (χ1) is 8.10. The molecule has 1 atom stereocenters. The van der Waals surface area contributed by atoms with Crippen molar-refractivity contribution in [1.29, 1.82) is 0 Å². The number of rotatable bonds is 5. The van der Waals surface area contributed by atoms with Crippen LogP contribution in [0.3, 0.4) is 0 Å². The summed E-state index contributed by atoms with van der Waals surface area (Å²) in [7, 11) is 1.28. The number of hydrogen-bond acceptors (Lipinski definition) is 5. The summed E-state index contributed by atoms with van der Waals surface area (Å²) in [4.78, 5) is 21.7. The van der Waals surface area contributed by atoms with Crippen molar-refractivity contribution >= 4 is 17.3 Å². The van der Waals surface area contributed by atoms with Crippen LogP contribution < -0.4 is 5.32 Å². The molecule has 0 aromatic heterocycles. The first-order valence-corrected chi connectivity index (χ1v) is 5.18. The number of ether oxygens (including phenoxy) is 1. The molecule has 1 unspecified atom stereocenters. The molecule has 0 radical (unpaired) electrons. The first kappa shape index (κ1) is 13.0. The first-order valence-electron chi connectivity index (χ1n) is 5.18. The molecule has 0 saturated carbocycles. The minimum atomic E-state index is -0.582. The van der Waals surface area contributed by atoms with Crippen LogP contribution in [0.5, 0.6) is 0 Å². The van der Waals surface area contributed by atoms with Gasteiger partial charge in [0.15, 0.2) is 0 Å². The highest BCUT2D eigenvalue weighted by Gasteiger charge is 2.20. The van der Waals surface area contributed by atoms with Gasteiger partial charge >= 0.3 is 5.97 Å². The molecule has 0 aliphatic carbocycles. The number of nitrogens with zero attached hydrogens (tertiary/aromatic N) is 1. The Hall–Kier alpha value is -2.11. The molecule has 1 rings (SSSR count).